The van der Waals surface area contributed by atoms with Crippen LogP contribution in [0, 0.1) is 20.8 Å². The molecule has 0 atom stereocenters. The standard InChI is InChI=1S/C22H28N3O.3C7H7.Hf/c1-15(2)17-9-8-10-18(16(3)4)21(17)25-14-13-24(22(25)23)19-11-6-7-12-20(19)26-5;3*1-7-5-3-2-4-6-7;/h6-12,15-16H,13-14H2,1-5H3;3*2-6H,1H2;/q4*-1;+4. The molecule has 5 heteroatoms. The Kier molecular flexibility index (Phi) is 17.3. The predicted octanol–water partition coefficient (Wildman–Crippen LogP) is 10.8. The summed E-state index contributed by atoms with van der Waals surface area (Å²) in [5.74, 6) is 1.81. The van der Waals surface area contributed by atoms with Gasteiger partial charge in [-0.05, 0) is 53.9 Å². The Hall–Kier alpha value is -4.35. The van der Waals surface area contributed by atoms with E-state index in [1.54, 1.807) is 7.11 Å². The summed E-state index contributed by atoms with van der Waals surface area (Å²) in [7, 11) is 1.66. The fourth-order valence-corrected chi connectivity index (χ4v) is 5.10. The third-order valence-electron chi connectivity index (χ3n) is 7.55. The van der Waals surface area contributed by atoms with Gasteiger partial charge in [-0.3, -0.25) is 0 Å². The van der Waals surface area contributed by atoms with Crippen molar-refractivity contribution in [3.05, 3.63) is 187 Å². The minimum atomic E-state index is 0. The average Bonchev–Trinajstić information content (AvgIpc) is 3.46. The number of ether oxygens (including phenoxy) is 1. The van der Waals surface area contributed by atoms with E-state index in [4.69, 9.17) is 4.74 Å². The van der Waals surface area contributed by atoms with Crippen molar-refractivity contribution < 1.29 is 30.6 Å². The van der Waals surface area contributed by atoms with Gasteiger partial charge in [-0.2, -0.15) is 73.9 Å². The summed E-state index contributed by atoms with van der Waals surface area (Å²) in [6, 6.07) is 43.9. The molecule has 5 aromatic carbocycles. The van der Waals surface area contributed by atoms with Gasteiger partial charge in [-0.25, -0.2) is 0 Å². The first-order chi connectivity index (χ1) is 22.6. The number of hydrogen-bond donors (Lipinski definition) is 0. The number of guanidine groups is 1. The maximum absolute atomic E-state index is 11.1. The first-order valence-electron chi connectivity index (χ1n) is 16.1. The van der Waals surface area contributed by atoms with Crippen LogP contribution in [-0.4, -0.2) is 26.2 Å². The van der Waals surface area contributed by atoms with Crippen LogP contribution in [0.5, 0.6) is 5.75 Å². The van der Waals surface area contributed by atoms with Gasteiger partial charge < -0.3 is 19.9 Å². The molecule has 0 spiro atoms. The Morgan fingerprint density at radius 2 is 0.917 bits per heavy atom. The summed E-state index contributed by atoms with van der Waals surface area (Å²) in [6.07, 6.45) is 0. The summed E-state index contributed by atoms with van der Waals surface area (Å²) >= 11 is 0. The molecule has 4 nitrogen and oxygen atoms in total. The number of rotatable bonds is 5. The Morgan fingerprint density at radius 1 is 0.542 bits per heavy atom. The number of methoxy groups -OCH3 is 1. The van der Waals surface area contributed by atoms with E-state index in [2.05, 4.69) is 71.6 Å². The summed E-state index contributed by atoms with van der Waals surface area (Å²) < 4.78 is 5.49. The van der Waals surface area contributed by atoms with Gasteiger partial charge in [0.1, 0.15) is 5.75 Å². The van der Waals surface area contributed by atoms with E-state index in [9.17, 15) is 5.41 Å². The number of hydrogen-bond acceptors (Lipinski definition) is 1. The van der Waals surface area contributed by atoms with E-state index in [1.165, 1.54) is 11.1 Å². The molecule has 0 unspecified atom stereocenters. The summed E-state index contributed by atoms with van der Waals surface area (Å²) in [5, 5.41) is 11.1. The number of para-hydroxylation sites is 3. The minimum absolute atomic E-state index is 0. The van der Waals surface area contributed by atoms with E-state index < -0.39 is 0 Å². The zero-order valence-electron chi connectivity index (χ0n) is 29.1. The molecule has 0 saturated carbocycles. The van der Waals surface area contributed by atoms with Gasteiger partial charge in [0, 0.05) is 11.6 Å². The molecule has 0 N–H and O–H groups in total. The molecule has 0 radical (unpaired) electrons. The van der Waals surface area contributed by atoms with E-state index in [-0.39, 0.29) is 31.8 Å². The van der Waals surface area contributed by atoms with Crippen LogP contribution >= 0.6 is 0 Å². The van der Waals surface area contributed by atoms with Gasteiger partial charge in [0.25, 0.3) is 0 Å². The number of benzene rings is 5. The van der Waals surface area contributed by atoms with Gasteiger partial charge in [-0.15, -0.1) is 36.4 Å². The van der Waals surface area contributed by atoms with Gasteiger partial charge in [0.2, 0.25) is 0 Å². The zero-order valence-corrected chi connectivity index (χ0v) is 32.7. The molecule has 0 amide bonds. The van der Waals surface area contributed by atoms with Crippen LogP contribution in [0.15, 0.2) is 133 Å². The van der Waals surface area contributed by atoms with Crippen LogP contribution in [0.1, 0.15) is 67.3 Å². The van der Waals surface area contributed by atoms with Crippen molar-refractivity contribution in [2.75, 3.05) is 30.0 Å². The Labute approximate surface area is 309 Å². The van der Waals surface area contributed by atoms with Crippen molar-refractivity contribution in [2.24, 2.45) is 0 Å². The zero-order chi connectivity index (χ0) is 34.2. The average molecular weight is 802 g/mol. The predicted molar refractivity (Wildman–Crippen MR) is 203 cm³/mol. The van der Waals surface area contributed by atoms with Crippen molar-refractivity contribution in [1.29, 1.82) is 0 Å². The monoisotopic (exact) mass is 803 g/mol. The molecule has 5 aromatic rings. The molecule has 1 heterocycles. The summed E-state index contributed by atoms with van der Waals surface area (Å²) in [5.41, 5.74) is 7.79. The van der Waals surface area contributed by atoms with Gasteiger partial charge in [0.05, 0.1) is 7.11 Å². The van der Waals surface area contributed by atoms with E-state index in [0.29, 0.717) is 11.8 Å². The van der Waals surface area contributed by atoms with E-state index in [0.717, 1.165) is 46.9 Å². The molecule has 0 aromatic heterocycles. The molecule has 1 saturated heterocycles. The van der Waals surface area contributed by atoms with Crippen LogP contribution < -0.4 is 14.5 Å². The first-order valence-corrected chi connectivity index (χ1v) is 16.1. The molecule has 6 rings (SSSR count). The second-order valence-electron chi connectivity index (χ2n) is 11.8. The maximum atomic E-state index is 11.1. The third-order valence-corrected chi connectivity index (χ3v) is 7.55. The van der Waals surface area contributed by atoms with Gasteiger partial charge in [0.15, 0.2) is 0 Å². The van der Waals surface area contributed by atoms with Crippen molar-refractivity contribution in [2.45, 2.75) is 39.5 Å². The molecular formula is C43H49HfN3O. The van der Waals surface area contributed by atoms with Crippen molar-refractivity contribution in [3.8, 4) is 5.75 Å². The Balaban J connectivity index is 0.000000292. The largest absolute Gasteiger partial charge is 4.00 e. The van der Waals surface area contributed by atoms with Crippen molar-refractivity contribution in [1.82, 2.24) is 0 Å². The van der Waals surface area contributed by atoms with Crippen LogP contribution in [-0.2, 0) is 25.8 Å². The molecule has 246 valence electrons. The van der Waals surface area contributed by atoms with Crippen molar-refractivity contribution >= 4 is 17.3 Å². The Bertz CT molecular complexity index is 1510. The first kappa shape index (κ1) is 39.8. The van der Waals surface area contributed by atoms with E-state index in [1.807, 2.05) is 120 Å². The van der Waals surface area contributed by atoms with Crippen LogP contribution in [0.3, 0.4) is 0 Å². The summed E-state index contributed by atoms with van der Waals surface area (Å²) in [6.45, 7) is 21.4. The molecule has 1 aliphatic heterocycles. The van der Waals surface area contributed by atoms with Gasteiger partial charge in [-0.1, -0.05) is 76.2 Å². The SMILES string of the molecule is COc1ccccc1N1CCN(c2c(C(C)C)cccc2C(C)C)C1=[N-].[CH2-]c1ccccc1.[CH2-]c1ccccc1.[CH2-]c1ccccc1.[Hf+4]. The minimum Gasteiger partial charge on any atom is -0.496 e. The smallest absolute Gasteiger partial charge is 0.496 e. The van der Waals surface area contributed by atoms with Crippen LogP contribution in [0.2, 0.25) is 0 Å². The molecule has 48 heavy (non-hydrogen) atoms. The molecule has 1 fully saturated rings. The Morgan fingerprint density at radius 3 is 1.27 bits per heavy atom. The van der Waals surface area contributed by atoms with Crippen molar-refractivity contribution in [3.63, 3.8) is 0 Å². The number of anilines is 2. The molecule has 1 aliphatic rings. The molecule has 0 aliphatic carbocycles. The van der Waals surface area contributed by atoms with Gasteiger partial charge >= 0.3 is 25.8 Å². The van der Waals surface area contributed by atoms with Crippen LogP contribution in [0.25, 0.3) is 5.41 Å². The topological polar surface area (TPSA) is 38.0 Å². The fraction of sp³-hybridized carbons (Fsp3) is 0.209. The van der Waals surface area contributed by atoms with Crippen LogP contribution in [0.4, 0.5) is 11.4 Å². The maximum Gasteiger partial charge on any atom is 4.00 e. The fourth-order valence-electron chi connectivity index (χ4n) is 5.10. The normalized spacial score (nSPS) is 11.7. The van der Waals surface area contributed by atoms with E-state index >= 15 is 0 Å². The second kappa shape index (κ2) is 20.8. The second-order valence-corrected chi connectivity index (χ2v) is 11.8. The molecule has 0 bridgehead atoms. The third kappa shape index (κ3) is 12.0. The quantitative estimate of drug-likeness (QED) is 0.131. The summed E-state index contributed by atoms with van der Waals surface area (Å²) in [4.78, 5) is 3.98. The number of nitrogens with zero attached hydrogens (tertiary/aromatic N) is 3. The molecular weight excluding hydrogens is 753 g/mol.